The van der Waals surface area contributed by atoms with Gasteiger partial charge in [0, 0.05) is 38.8 Å². The molecule has 0 radical (unpaired) electrons. The number of nitrogens with zero attached hydrogens (tertiary/aromatic N) is 4. The Hall–Kier alpha value is -2.05. The highest BCUT2D eigenvalue weighted by Gasteiger charge is 2.36. The third-order valence-corrected chi connectivity index (χ3v) is 3.83. The van der Waals surface area contributed by atoms with Crippen LogP contribution >= 0.6 is 0 Å². The highest BCUT2D eigenvalue weighted by Crippen LogP contribution is 2.25. The van der Waals surface area contributed by atoms with Gasteiger partial charge in [-0.3, -0.25) is 0 Å². The lowest BCUT2D eigenvalue weighted by atomic mass is 10.2. The molecule has 0 aliphatic carbocycles. The van der Waals surface area contributed by atoms with E-state index >= 15 is 0 Å². The fourth-order valence-electron chi connectivity index (χ4n) is 2.81. The highest BCUT2D eigenvalue weighted by molar-refractivity contribution is 5.77. The van der Waals surface area contributed by atoms with E-state index < -0.39 is 0 Å². The molecule has 1 unspecified atom stereocenters. The van der Waals surface area contributed by atoms with Crippen LogP contribution in [0.2, 0.25) is 0 Å². The van der Waals surface area contributed by atoms with Crippen LogP contribution in [0.4, 0.5) is 16.4 Å². The molecule has 0 aromatic carbocycles. The molecule has 2 aliphatic rings. The predicted octanol–water partition coefficient (Wildman–Crippen LogP) is 0.0405. The third-order valence-electron chi connectivity index (χ3n) is 3.83. The number of carbonyl (C=O) groups is 1. The summed E-state index contributed by atoms with van der Waals surface area (Å²) in [6.45, 7) is 5.11. The Labute approximate surface area is 112 Å². The van der Waals surface area contributed by atoms with Gasteiger partial charge in [0.05, 0.1) is 6.04 Å². The average Bonchev–Trinajstić information content (AvgIpc) is 2.80. The Morgan fingerprint density at radius 1 is 1.42 bits per heavy atom. The quantitative estimate of drug-likeness (QED) is 0.787. The molecule has 3 heterocycles. The smallest absolute Gasteiger partial charge is 0.317 e. The van der Waals surface area contributed by atoms with Crippen molar-refractivity contribution in [3.63, 3.8) is 0 Å². The highest BCUT2D eigenvalue weighted by atomic mass is 16.2. The van der Waals surface area contributed by atoms with Gasteiger partial charge in [-0.2, -0.15) is 0 Å². The van der Waals surface area contributed by atoms with Gasteiger partial charge in [-0.05, 0) is 6.92 Å². The number of hydrogen-bond acceptors (Lipinski definition) is 5. The van der Waals surface area contributed by atoms with E-state index in [4.69, 9.17) is 0 Å². The van der Waals surface area contributed by atoms with Gasteiger partial charge in [-0.15, -0.1) is 0 Å². The summed E-state index contributed by atoms with van der Waals surface area (Å²) >= 11 is 0. The van der Waals surface area contributed by atoms with E-state index in [1.165, 1.54) is 0 Å². The fourth-order valence-corrected chi connectivity index (χ4v) is 2.81. The standard InChI is InChI=1S/C12H18N6O/c1-8-10(13-2)15-7-16-11(8)17-3-4-18-9(6-17)5-14-12(18)19/h7,9H,3-6H2,1-2H3,(H,14,19)(H,13,15,16). The maximum Gasteiger partial charge on any atom is 0.317 e. The summed E-state index contributed by atoms with van der Waals surface area (Å²) in [6, 6.07) is 0.300. The van der Waals surface area contributed by atoms with E-state index in [1.54, 1.807) is 6.33 Å². The van der Waals surface area contributed by atoms with Crippen LogP contribution in [0.3, 0.4) is 0 Å². The first kappa shape index (κ1) is 12.0. The number of hydrogen-bond donors (Lipinski definition) is 2. The molecule has 1 aromatic heterocycles. The predicted molar refractivity (Wildman–Crippen MR) is 72.4 cm³/mol. The van der Waals surface area contributed by atoms with Crippen molar-refractivity contribution in [2.75, 3.05) is 43.4 Å². The number of fused-ring (bicyclic) bond motifs is 1. The molecule has 7 heteroatoms. The second-order valence-electron chi connectivity index (χ2n) is 4.90. The number of nitrogens with one attached hydrogen (secondary N) is 2. The Kier molecular flexibility index (Phi) is 2.88. The van der Waals surface area contributed by atoms with Crippen molar-refractivity contribution in [3.05, 3.63) is 11.9 Å². The Morgan fingerprint density at radius 2 is 2.26 bits per heavy atom. The number of piperazine rings is 1. The fraction of sp³-hybridized carbons (Fsp3) is 0.583. The molecule has 0 spiro atoms. The van der Waals surface area contributed by atoms with Crippen LogP contribution in [-0.2, 0) is 0 Å². The summed E-state index contributed by atoms with van der Waals surface area (Å²) in [5.41, 5.74) is 1.05. The normalized spacial score (nSPS) is 22.2. The summed E-state index contributed by atoms with van der Waals surface area (Å²) in [7, 11) is 1.86. The maximum absolute atomic E-state index is 11.6. The number of amides is 2. The monoisotopic (exact) mass is 262 g/mol. The zero-order chi connectivity index (χ0) is 13.4. The lowest BCUT2D eigenvalue weighted by molar-refractivity contribution is 0.197. The van der Waals surface area contributed by atoms with Crippen LogP contribution in [0, 0.1) is 6.92 Å². The molecule has 2 saturated heterocycles. The number of anilines is 2. The average molecular weight is 262 g/mol. The van der Waals surface area contributed by atoms with Crippen molar-refractivity contribution in [2.24, 2.45) is 0 Å². The van der Waals surface area contributed by atoms with E-state index in [2.05, 4.69) is 25.5 Å². The van der Waals surface area contributed by atoms with Crippen LogP contribution in [0.1, 0.15) is 5.56 Å². The van der Waals surface area contributed by atoms with E-state index in [0.717, 1.165) is 43.4 Å². The lowest BCUT2D eigenvalue weighted by Crippen LogP contribution is -2.52. The molecule has 3 rings (SSSR count). The number of aromatic nitrogens is 2. The van der Waals surface area contributed by atoms with E-state index in [1.807, 2.05) is 18.9 Å². The Morgan fingerprint density at radius 3 is 3.05 bits per heavy atom. The third kappa shape index (κ3) is 1.94. The van der Waals surface area contributed by atoms with Crippen LogP contribution in [0.5, 0.6) is 0 Å². The molecule has 0 bridgehead atoms. The molecule has 2 amide bonds. The number of carbonyl (C=O) groups excluding carboxylic acids is 1. The van der Waals surface area contributed by atoms with Crippen molar-refractivity contribution in [3.8, 4) is 0 Å². The zero-order valence-corrected chi connectivity index (χ0v) is 11.2. The zero-order valence-electron chi connectivity index (χ0n) is 11.2. The summed E-state index contributed by atoms with van der Waals surface area (Å²) in [6.07, 6.45) is 1.58. The van der Waals surface area contributed by atoms with Gasteiger partial charge >= 0.3 is 6.03 Å². The van der Waals surface area contributed by atoms with Gasteiger partial charge in [-0.1, -0.05) is 0 Å². The molecule has 2 fully saturated rings. The minimum absolute atomic E-state index is 0.0555. The largest absolute Gasteiger partial charge is 0.373 e. The van der Waals surface area contributed by atoms with Crippen LogP contribution in [-0.4, -0.2) is 60.2 Å². The number of rotatable bonds is 2. The Bertz CT molecular complexity index is 505. The Balaban J connectivity index is 1.83. The van der Waals surface area contributed by atoms with E-state index in [-0.39, 0.29) is 12.1 Å². The van der Waals surface area contributed by atoms with Crippen molar-refractivity contribution in [2.45, 2.75) is 13.0 Å². The van der Waals surface area contributed by atoms with Crippen LogP contribution in [0.15, 0.2) is 6.33 Å². The summed E-state index contributed by atoms with van der Waals surface area (Å²) in [4.78, 5) is 24.3. The molecule has 2 N–H and O–H groups in total. The first-order valence-corrected chi connectivity index (χ1v) is 6.49. The van der Waals surface area contributed by atoms with Gasteiger partial charge < -0.3 is 20.4 Å². The molecule has 0 saturated carbocycles. The van der Waals surface area contributed by atoms with Gasteiger partial charge in [-0.25, -0.2) is 14.8 Å². The van der Waals surface area contributed by atoms with E-state index in [0.29, 0.717) is 0 Å². The molecular formula is C12H18N6O. The van der Waals surface area contributed by atoms with Crippen molar-refractivity contribution in [1.82, 2.24) is 20.2 Å². The molecule has 19 heavy (non-hydrogen) atoms. The molecule has 1 aromatic rings. The van der Waals surface area contributed by atoms with Crippen LogP contribution < -0.4 is 15.5 Å². The van der Waals surface area contributed by atoms with Crippen molar-refractivity contribution in [1.29, 1.82) is 0 Å². The SMILES string of the molecule is CNc1ncnc(N2CCN3C(=O)NCC3C2)c1C. The summed E-state index contributed by atoms with van der Waals surface area (Å²) in [5.74, 6) is 1.81. The second-order valence-corrected chi connectivity index (χ2v) is 4.90. The lowest BCUT2D eigenvalue weighted by Gasteiger charge is -2.37. The van der Waals surface area contributed by atoms with Crippen molar-refractivity contribution >= 4 is 17.7 Å². The van der Waals surface area contributed by atoms with Gasteiger partial charge in [0.15, 0.2) is 0 Å². The van der Waals surface area contributed by atoms with Crippen molar-refractivity contribution < 1.29 is 4.79 Å². The minimum atomic E-state index is 0.0555. The summed E-state index contributed by atoms with van der Waals surface area (Å²) < 4.78 is 0. The second kappa shape index (κ2) is 4.56. The van der Waals surface area contributed by atoms with Gasteiger partial charge in [0.1, 0.15) is 18.0 Å². The van der Waals surface area contributed by atoms with Crippen LogP contribution in [0.25, 0.3) is 0 Å². The first-order valence-electron chi connectivity index (χ1n) is 6.49. The minimum Gasteiger partial charge on any atom is -0.373 e. The van der Waals surface area contributed by atoms with Gasteiger partial charge in [0.25, 0.3) is 0 Å². The molecule has 7 nitrogen and oxygen atoms in total. The first-order chi connectivity index (χ1) is 9.20. The van der Waals surface area contributed by atoms with Gasteiger partial charge in [0.2, 0.25) is 0 Å². The topological polar surface area (TPSA) is 73.4 Å². The summed E-state index contributed by atoms with van der Waals surface area (Å²) in [5, 5.41) is 5.96. The van der Waals surface area contributed by atoms with E-state index in [9.17, 15) is 4.79 Å². The molecular weight excluding hydrogens is 244 g/mol. The maximum atomic E-state index is 11.6. The molecule has 102 valence electrons. The number of urea groups is 1. The molecule has 2 aliphatic heterocycles. The molecule has 1 atom stereocenters.